The number of phenolic OH excluding ortho intramolecular Hbond substituents is 1. The number of phenols is 1. The highest BCUT2D eigenvalue weighted by molar-refractivity contribution is 9.11. The van der Waals surface area contributed by atoms with E-state index < -0.39 is 0 Å². The quantitative estimate of drug-likeness (QED) is 0.592. The molecule has 0 aliphatic heterocycles. The third-order valence-electron chi connectivity index (χ3n) is 2.73. The molecule has 0 bridgehead atoms. The number of hydrazone groups is 1. The molecule has 0 radical (unpaired) electrons. The largest absolute Gasteiger partial charge is 0.507 e. The Morgan fingerprint density at radius 1 is 1.24 bits per heavy atom. The van der Waals surface area contributed by atoms with Crippen LogP contribution in [0.25, 0.3) is 0 Å². The molecular formula is C15H12Br2N2O2. The van der Waals surface area contributed by atoms with Gasteiger partial charge in [-0.05, 0) is 53.2 Å². The number of hydrogen-bond acceptors (Lipinski definition) is 3. The van der Waals surface area contributed by atoms with Crippen molar-refractivity contribution < 1.29 is 9.90 Å². The van der Waals surface area contributed by atoms with Gasteiger partial charge in [0.2, 0.25) is 0 Å². The van der Waals surface area contributed by atoms with Crippen molar-refractivity contribution in [2.24, 2.45) is 5.10 Å². The zero-order chi connectivity index (χ0) is 15.4. The number of nitrogens with zero attached hydrogens (tertiary/aromatic N) is 1. The first-order valence-electron chi connectivity index (χ1n) is 6.05. The second-order valence-corrected chi connectivity index (χ2v) is 6.16. The van der Waals surface area contributed by atoms with Gasteiger partial charge in [-0.3, -0.25) is 4.79 Å². The van der Waals surface area contributed by atoms with Gasteiger partial charge in [0, 0.05) is 14.5 Å². The number of amides is 1. The van der Waals surface area contributed by atoms with E-state index >= 15 is 0 Å². The molecule has 1 amide bonds. The predicted octanol–water partition coefficient (Wildman–Crippen LogP) is 3.99. The van der Waals surface area contributed by atoms with Gasteiger partial charge in [-0.15, -0.1) is 0 Å². The molecular weight excluding hydrogens is 400 g/mol. The average molecular weight is 412 g/mol. The van der Waals surface area contributed by atoms with Crippen LogP contribution in [-0.4, -0.2) is 17.2 Å². The van der Waals surface area contributed by atoms with Crippen LogP contribution in [0.4, 0.5) is 0 Å². The van der Waals surface area contributed by atoms with E-state index in [4.69, 9.17) is 0 Å². The van der Waals surface area contributed by atoms with Crippen LogP contribution in [0, 0.1) is 6.92 Å². The molecule has 21 heavy (non-hydrogen) atoms. The van der Waals surface area contributed by atoms with Crippen LogP contribution in [0.3, 0.4) is 0 Å². The van der Waals surface area contributed by atoms with Crippen LogP contribution >= 0.6 is 31.9 Å². The zero-order valence-corrected chi connectivity index (χ0v) is 14.3. The van der Waals surface area contributed by atoms with Crippen molar-refractivity contribution in [3.63, 3.8) is 0 Å². The Hall–Kier alpha value is -1.66. The van der Waals surface area contributed by atoms with Gasteiger partial charge in [0.1, 0.15) is 5.75 Å². The minimum absolute atomic E-state index is 0.114. The van der Waals surface area contributed by atoms with Gasteiger partial charge in [0.05, 0.1) is 11.8 Å². The minimum atomic E-state index is -0.335. The Balaban J connectivity index is 2.10. The number of rotatable bonds is 3. The summed E-state index contributed by atoms with van der Waals surface area (Å²) in [5.41, 5.74) is 4.45. The molecule has 2 rings (SSSR count). The minimum Gasteiger partial charge on any atom is -0.507 e. The van der Waals surface area contributed by atoms with Crippen LogP contribution in [0.15, 0.2) is 50.4 Å². The second-order valence-electron chi connectivity index (χ2n) is 4.39. The first-order chi connectivity index (χ1) is 9.97. The third-order valence-corrected chi connectivity index (χ3v) is 3.88. The fourth-order valence-electron chi connectivity index (χ4n) is 1.67. The molecule has 0 aliphatic rings. The summed E-state index contributed by atoms with van der Waals surface area (Å²) >= 11 is 6.65. The number of nitrogens with one attached hydrogen (secondary N) is 1. The maximum Gasteiger partial charge on any atom is 0.272 e. The summed E-state index contributed by atoms with van der Waals surface area (Å²) in [5.74, 6) is -0.221. The van der Waals surface area contributed by atoms with Crippen LogP contribution in [0.1, 0.15) is 21.5 Å². The summed E-state index contributed by atoms with van der Waals surface area (Å²) in [7, 11) is 0. The summed E-state index contributed by atoms with van der Waals surface area (Å²) in [5, 5.41) is 13.5. The Morgan fingerprint density at radius 2 is 2.00 bits per heavy atom. The SMILES string of the molecule is Cc1ccc(O)c(/C=N/NC(=O)c2ccc(Br)cc2Br)c1. The average Bonchev–Trinajstić information content (AvgIpc) is 2.42. The van der Waals surface area contributed by atoms with Gasteiger partial charge in [0.25, 0.3) is 5.91 Å². The molecule has 0 saturated heterocycles. The molecule has 0 aliphatic carbocycles. The highest BCUT2D eigenvalue weighted by atomic mass is 79.9. The molecule has 0 unspecified atom stereocenters. The molecule has 6 heteroatoms. The van der Waals surface area contributed by atoms with E-state index in [0.717, 1.165) is 10.0 Å². The molecule has 108 valence electrons. The molecule has 0 atom stereocenters. The summed E-state index contributed by atoms with van der Waals surface area (Å²) in [6.07, 6.45) is 1.41. The zero-order valence-electron chi connectivity index (χ0n) is 11.1. The molecule has 0 spiro atoms. The van der Waals surface area contributed by atoms with E-state index in [0.29, 0.717) is 15.6 Å². The van der Waals surface area contributed by atoms with Crippen molar-refractivity contribution in [2.45, 2.75) is 6.92 Å². The van der Waals surface area contributed by atoms with Gasteiger partial charge in [-0.1, -0.05) is 27.6 Å². The van der Waals surface area contributed by atoms with Gasteiger partial charge >= 0.3 is 0 Å². The molecule has 2 aromatic rings. The topological polar surface area (TPSA) is 61.7 Å². The monoisotopic (exact) mass is 410 g/mol. The van der Waals surface area contributed by atoms with E-state index in [9.17, 15) is 9.90 Å². The lowest BCUT2D eigenvalue weighted by Gasteiger charge is -2.04. The Labute approximate surface area is 139 Å². The number of carbonyl (C=O) groups excluding carboxylic acids is 1. The molecule has 0 saturated carbocycles. The number of benzene rings is 2. The summed E-state index contributed by atoms with van der Waals surface area (Å²) in [4.78, 5) is 12.0. The van der Waals surface area contributed by atoms with Crippen molar-refractivity contribution >= 4 is 44.0 Å². The number of carbonyl (C=O) groups is 1. The fraction of sp³-hybridized carbons (Fsp3) is 0.0667. The molecule has 0 aromatic heterocycles. The van der Waals surface area contributed by atoms with Crippen LogP contribution in [-0.2, 0) is 0 Å². The highest BCUT2D eigenvalue weighted by Crippen LogP contribution is 2.21. The standard InChI is InChI=1S/C15H12Br2N2O2/c1-9-2-5-14(20)10(6-9)8-18-19-15(21)12-4-3-11(16)7-13(12)17/h2-8,20H,1H3,(H,19,21)/b18-8+. The first-order valence-corrected chi connectivity index (χ1v) is 7.64. The summed E-state index contributed by atoms with van der Waals surface area (Å²) < 4.78 is 1.54. The van der Waals surface area contributed by atoms with Crippen LogP contribution in [0.2, 0.25) is 0 Å². The first kappa shape index (κ1) is 15.7. The van der Waals surface area contributed by atoms with Crippen LogP contribution in [0.5, 0.6) is 5.75 Å². The van der Waals surface area contributed by atoms with Crippen molar-refractivity contribution in [3.8, 4) is 5.75 Å². The third kappa shape index (κ3) is 4.15. The molecule has 2 N–H and O–H groups in total. The lowest BCUT2D eigenvalue weighted by molar-refractivity contribution is 0.0954. The van der Waals surface area contributed by atoms with Gasteiger partial charge in [-0.25, -0.2) is 5.43 Å². The summed E-state index contributed by atoms with van der Waals surface area (Å²) in [6.45, 7) is 1.91. The molecule has 0 heterocycles. The predicted molar refractivity (Wildman–Crippen MR) is 89.7 cm³/mol. The Bertz CT molecular complexity index is 715. The maximum atomic E-state index is 12.0. The van der Waals surface area contributed by atoms with E-state index in [1.54, 1.807) is 36.4 Å². The number of halogens is 2. The van der Waals surface area contributed by atoms with Gasteiger partial charge in [-0.2, -0.15) is 5.10 Å². The smallest absolute Gasteiger partial charge is 0.272 e. The number of aromatic hydroxyl groups is 1. The Kier molecular flexibility index (Phi) is 5.14. The van der Waals surface area contributed by atoms with Crippen molar-refractivity contribution in [1.82, 2.24) is 5.43 Å². The van der Waals surface area contributed by atoms with Crippen LogP contribution < -0.4 is 5.43 Å². The van der Waals surface area contributed by atoms with E-state index in [1.165, 1.54) is 6.21 Å². The van der Waals surface area contributed by atoms with E-state index in [1.807, 2.05) is 6.92 Å². The van der Waals surface area contributed by atoms with E-state index in [-0.39, 0.29) is 11.7 Å². The van der Waals surface area contributed by atoms with Crippen molar-refractivity contribution in [2.75, 3.05) is 0 Å². The summed E-state index contributed by atoms with van der Waals surface area (Å²) in [6, 6.07) is 10.4. The van der Waals surface area contributed by atoms with E-state index in [2.05, 4.69) is 42.4 Å². The molecule has 0 fully saturated rings. The second kappa shape index (κ2) is 6.87. The Morgan fingerprint density at radius 3 is 2.71 bits per heavy atom. The molecule has 4 nitrogen and oxygen atoms in total. The number of hydrogen-bond donors (Lipinski definition) is 2. The lowest BCUT2D eigenvalue weighted by Crippen LogP contribution is -2.18. The van der Waals surface area contributed by atoms with Crippen molar-refractivity contribution in [1.29, 1.82) is 0 Å². The van der Waals surface area contributed by atoms with Crippen molar-refractivity contribution in [3.05, 3.63) is 62.0 Å². The lowest BCUT2D eigenvalue weighted by atomic mass is 10.1. The fourth-order valence-corrected chi connectivity index (χ4v) is 2.90. The maximum absolute atomic E-state index is 12.0. The molecule has 2 aromatic carbocycles. The van der Waals surface area contributed by atoms with Gasteiger partial charge in [0.15, 0.2) is 0 Å². The normalized spacial score (nSPS) is 10.8. The highest BCUT2D eigenvalue weighted by Gasteiger charge is 2.09. The van der Waals surface area contributed by atoms with Gasteiger partial charge < -0.3 is 5.11 Å². The number of aryl methyl sites for hydroxylation is 1.